The van der Waals surface area contributed by atoms with E-state index in [1.54, 1.807) is 6.26 Å². The molecule has 0 heterocycles. The molecule has 0 N–H and O–H groups in total. The van der Waals surface area contributed by atoms with E-state index in [0.717, 1.165) is 11.1 Å². The summed E-state index contributed by atoms with van der Waals surface area (Å²) in [7, 11) is 0. The number of rotatable bonds is 2. The fourth-order valence-corrected chi connectivity index (χ4v) is 1.51. The molecular weight excluding hydrogens is 192 g/mol. The lowest BCUT2D eigenvalue weighted by molar-refractivity contribution is -0.107. The average molecular weight is 206 g/mol. The molecule has 0 aliphatic carbocycles. The molecule has 0 unspecified atom stereocenters. The van der Waals surface area contributed by atoms with Gasteiger partial charge in [0.25, 0.3) is 0 Å². The van der Waals surface area contributed by atoms with E-state index in [1.807, 2.05) is 44.2 Å². The molecule has 0 radical (unpaired) electrons. The van der Waals surface area contributed by atoms with E-state index in [0.29, 0.717) is 0 Å². The van der Waals surface area contributed by atoms with Crippen LogP contribution in [0.3, 0.4) is 0 Å². The first-order valence-corrected chi connectivity index (χ1v) is 5.69. The van der Waals surface area contributed by atoms with Gasteiger partial charge in [0.05, 0.1) is 0 Å². The van der Waals surface area contributed by atoms with Crippen LogP contribution >= 0.6 is 11.8 Å². The van der Waals surface area contributed by atoms with Gasteiger partial charge in [0.1, 0.15) is 0 Å². The number of hydrogen-bond acceptors (Lipinski definition) is 2. The fraction of sp³-hybridized carbons (Fsp3) is 0.250. The Balaban J connectivity index is 2.86. The molecule has 0 fully saturated rings. The molecule has 1 nitrogen and oxygen atoms in total. The smallest absolute Gasteiger partial charge is 0.214 e. The van der Waals surface area contributed by atoms with Crippen LogP contribution < -0.4 is 0 Å². The predicted molar refractivity (Wildman–Crippen MR) is 63.4 cm³/mol. The number of benzene rings is 1. The summed E-state index contributed by atoms with van der Waals surface area (Å²) in [6, 6.07) is 8.13. The van der Waals surface area contributed by atoms with Crippen LogP contribution in [0.4, 0.5) is 0 Å². The summed E-state index contributed by atoms with van der Waals surface area (Å²) in [5, 5.41) is 0.130. The van der Waals surface area contributed by atoms with Crippen molar-refractivity contribution >= 4 is 23.0 Å². The van der Waals surface area contributed by atoms with Crippen molar-refractivity contribution in [3.8, 4) is 0 Å². The van der Waals surface area contributed by atoms with E-state index in [1.165, 1.54) is 17.3 Å². The third-order valence-electron chi connectivity index (χ3n) is 1.97. The van der Waals surface area contributed by atoms with Gasteiger partial charge in [-0.3, -0.25) is 4.79 Å². The fourth-order valence-electron chi connectivity index (χ4n) is 1.13. The first-order valence-electron chi connectivity index (χ1n) is 4.47. The van der Waals surface area contributed by atoms with Crippen molar-refractivity contribution in [3.05, 3.63) is 41.0 Å². The zero-order valence-electron chi connectivity index (χ0n) is 8.70. The lowest BCUT2D eigenvalue weighted by atomic mass is 10.1. The number of carbonyl (C=O) groups excluding carboxylic acids is 1. The van der Waals surface area contributed by atoms with E-state index in [-0.39, 0.29) is 5.12 Å². The van der Waals surface area contributed by atoms with Gasteiger partial charge in [-0.25, -0.2) is 0 Å². The molecule has 0 atom stereocenters. The highest BCUT2D eigenvalue weighted by Crippen LogP contribution is 2.12. The molecule has 74 valence electrons. The van der Waals surface area contributed by atoms with Gasteiger partial charge in [-0.15, -0.1) is 0 Å². The van der Waals surface area contributed by atoms with E-state index in [4.69, 9.17) is 0 Å². The highest BCUT2D eigenvalue weighted by molar-refractivity contribution is 8.13. The summed E-state index contributed by atoms with van der Waals surface area (Å²) < 4.78 is 0. The van der Waals surface area contributed by atoms with Gasteiger partial charge in [0.2, 0.25) is 5.12 Å². The van der Waals surface area contributed by atoms with E-state index in [9.17, 15) is 4.79 Å². The summed E-state index contributed by atoms with van der Waals surface area (Å²) in [6.07, 6.45) is 3.72. The van der Waals surface area contributed by atoms with Crippen molar-refractivity contribution in [1.82, 2.24) is 0 Å². The van der Waals surface area contributed by atoms with Crippen LogP contribution in [-0.4, -0.2) is 11.4 Å². The summed E-state index contributed by atoms with van der Waals surface area (Å²) in [5.41, 5.74) is 3.10. The Bertz CT molecular complexity index is 349. The molecule has 0 amide bonds. The van der Waals surface area contributed by atoms with Gasteiger partial charge < -0.3 is 0 Å². The molecule has 0 saturated heterocycles. The summed E-state index contributed by atoms with van der Waals surface area (Å²) in [4.78, 5) is 11.3. The average Bonchev–Trinajstić information content (AvgIpc) is 2.20. The maximum Gasteiger partial charge on any atom is 0.214 e. The number of hydrogen-bond donors (Lipinski definition) is 0. The van der Waals surface area contributed by atoms with Crippen LogP contribution in [0.1, 0.15) is 18.1 Å². The van der Waals surface area contributed by atoms with E-state index >= 15 is 0 Å². The molecule has 0 aliphatic rings. The van der Waals surface area contributed by atoms with Crippen molar-refractivity contribution in [2.24, 2.45) is 0 Å². The Morgan fingerprint density at radius 1 is 1.29 bits per heavy atom. The zero-order valence-corrected chi connectivity index (χ0v) is 9.52. The molecule has 1 aromatic rings. The van der Waals surface area contributed by atoms with Crippen LogP contribution in [0.15, 0.2) is 29.8 Å². The van der Waals surface area contributed by atoms with Crippen LogP contribution in [-0.2, 0) is 4.79 Å². The normalized spacial score (nSPS) is 11.5. The Morgan fingerprint density at radius 2 is 1.86 bits per heavy atom. The largest absolute Gasteiger partial charge is 0.282 e. The lowest BCUT2D eigenvalue weighted by Gasteiger charge is -1.98. The van der Waals surface area contributed by atoms with Crippen LogP contribution in [0.2, 0.25) is 0 Å². The molecule has 1 rings (SSSR count). The Morgan fingerprint density at radius 3 is 2.36 bits per heavy atom. The van der Waals surface area contributed by atoms with Crippen molar-refractivity contribution < 1.29 is 4.79 Å². The second-order valence-corrected chi connectivity index (χ2v) is 4.01. The number of carbonyl (C=O) groups is 1. The zero-order chi connectivity index (χ0) is 10.6. The standard InChI is InChI=1S/C12H14OS/c1-9-4-6-11(7-5-9)8-10(2)12(13)14-3/h4-8H,1-3H3/b10-8+. The molecule has 1 aromatic carbocycles. The highest BCUT2D eigenvalue weighted by Gasteiger charge is 2.00. The van der Waals surface area contributed by atoms with Gasteiger partial charge in [-0.1, -0.05) is 41.6 Å². The first kappa shape index (κ1) is 11.1. The van der Waals surface area contributed by atoms with Crippen molar-refractivity contribution in [3.63, 3.8) is 0 Å². The molecule has 14 heavy (non-hydrogen) atoms. The summed E-state index contributed by atoms with van der Waals surface area (Å²) >= 11 is 1.25. The van der Waals surface area contributed by atoms with Gasteiger partial charge in [-0.2, -0.15) is 0 Å². The first-order chi connectivity index (χ1) is 6.63. The highest BCUT2D eigenvalue weighted by atomic mass is 32.2. The molecule has 2 heteroatoms. The Kier molecular flexibility index (Phi) is 3.96. The minimum atomic E-state index is 0.130. The molecular formula is C12H14OS. The maximum absolute atomic E-state index is 11.3. The van der Waals surface area contributed by atoms with E-state index < -0.39 is 0 Å². The summed E-state index contributed by atoms with van der Waals surface area (Å²) in [5.74, 6) is 0. The van der Waals surface area contributed by atoms with Crippen LogP contribution in [0.25, 0.3) is 6.08 Å². The van der Waals surface area contributed by atoms with Gasteiger partial charge in [0, 0.05) is 5.57 Å². The van der Waals surface area contributed by atoms with Gasteiger partial charge in [-0.05, 0) is 31.7 Å². The lowest BCUT2D eigenvalue weighted by Crippen LogP contribution is -1.91. The van der Waals surface area contributed by atoms with Crippen molar-refractivity contribution in [2.75, 3.05) is 6.26 Å². The van der Waals surface area contributed by atoms with Crippen LogP contribution in [0, 0.1) is 6.92 Å². The third-order valence-corrected chi connectivity index (χ3v) is 2.66. The quantitative estimate of drug-likeness (QED) is 0.691. The topological polar surface area (TPSA) is 17.1 Å². The minimum absolute atomic E-state index is 0.130. The molecule has 0 bridgehead atoms. The number of thioether (sulfide) groups is 1. The molecule has 0 saturated carbocycles. The van der Waals surface area contributed by atoms with Crippen molar-refractivity contribution in [1.29, 1.82) is 0 Å². The Labute approximate surface area is 89.2 Å². The second kappa shape index (κ2) is 5.01. The maximum atomic E-state index is 11.3. The van der Waals surface area contributed by atoms with Crippen molar-refractivity contribution in [2.45, 2.75) is 13.8 Å². The SMILES string of the molecule is CSC(=O)/C(C)=C/c1ccc(C)cc1. The Hall–Kier alpha value is -1.02. The molecule has 0 aliphatic heterocycles. The van der Waals surface area contributed by atoms with E-state index in [2.05, 4.69) is 0 Å². The molecule has 0 aromatic heterocycles. The van der Waals surface area contributed by atoms with Crippen LogP contribution in [0.5, 0.6) is 0 Å². The summed E-state index contributed by atoms with van der Waals surface area (Å²) in [6.45, 7) is 3.89. The minimum Gasteiger partial charge on any atom is -0.282 e. The second-order valence-electron chi connectivity index (χ2n) is 3.23. The third kappa shape index (κ3) is 3.04. The van der Waals surface area contributed by atoms with Gasteiger partial charge >= 0.3 is 0 Å². The molecule has 0 spiro atoms. The monoisotopic (exact) mass is 206 g/mol. The predicted octanol–water partition coefficient (Wildman–Crippen LogP) is 3.29. The number of aryl methyl sites for hydroxylation is 1. The van der Waals surface area contributed by atoms with Gasteiger partial charge in [0.15, 0.2) is 0 Å².